The molecular formula is C25H39N3O3. The summed E-state index contributed by atoms with van der Waals surface area (Å²) in [5, 5.41) is 18.4. The second kappa shape index (κ2) is 7.95. The van der Waals surface area contributed by atoms with Gasteiger partial charge in [-0.25, -0.2) is 4.68 Å². The van der Waals surface area contributed by atoms with Gasteiger partial charge in [-0.15, -0.1) is 5.10 Å². The normalized spacial score (nSPS) is 44.4. The molecule has 4 fully saturated rings. The Morgan fingerprint density at radius 3 is 2.77 bits per heavy atom. The average molecular weight is 430 g/mol. The molecule has 1 aromatic heterocycles. The predicted octanol–water partition coefficient (Wildman–Crippen LogP) is 3.80. The number of rotatable bonds is 5. The summed E-state index contributed by atoms with van der Waals surface area (Å²) in [7, 11) is 1.85. The van der Waals surface area contributed by atoms with Gasteiger partial charge in [0.05, 0.1) is 24.6 Å². The van der Waals surface area contributed by atoms with Crippen molar-refractivity contribution in [2.45, 2.75) is 84.3 Å². The molecule has 8 atom stereocenters. The summed E-state index contributed by atoms with van der Waals surface area (Å²) in [5.41, 5.74) is 1.30. The van der Waals surface area contributed by atoms with Gasteiger partial charge in [0.2, 0.25) is 0 Å². The quantitative estimate of drug-likeness (QED) is 0.770. The van der Waals surface area contributed by atoms with Crippen molar-refractivity contribution in [2.75, 3.05) is 13.7 Å². The number of hydrogen-bond acceptors (Lipinski definition) is 5. The lowest BCUT2D eigenvalue weighted by Crippen LogP contribution is -2.57. The molecule has 6 nitrogen and oxygen atoms in total. The van der Waals surface area contributed by atoms with Crippen molar-refractivity contribution in [1.29, 1.82) is 0 Å². The SMILES string of the molecule is COCC12CCC(O)CC1CCC1C3CCC(C(=O)Cn4nncc4C)C3(C)CCC12. The minimum Gasteiger partial charge on any atom is -0.393 e. The second-order valence-corrected chi connectivity index (χ2v) is 11.4. The van der Waals surface area contributed by atoms with Gasteiger partial charge in [0.15, 0.2) is 5.78 Å². The molecule has 0 aromatic carbocycles. The standard InChI is InChI=1S/C25H39N3O3/c1-16-13-26-27-28(16)14-23(30)22-7-6-20-19-5-4-17-12-18(29)8-11-25(17,15-31-3)21(19)9-10-24(20,22)2/h13,17-22,29H,4-12,14-15H2,1-3H3. The molecule has 1 N–H and O–H groups in total. The van der Waals surface area contributed by atoms with Crippen molar-refractivity contribution < 1.29 is 14.6 Å². The summed E-state index contributed by atoms with van der Waals surface area (Å²) in [6.07, 6.45) is 11.6. The number of ether oxygens (including phenoxy) is 1. The molecule has 172 valence electrons. The third-order valence-electron chi connectivity index (χ3n) is 10.3. The molecule has 1 aromatic rings. The monoisotopic (exact) mass is 429 g/mol. The third-order valence-corrected chi connectivity index (χ3v) is 10.3. The van der Waals surface area contributed by atoms with Crippen LogP contribution in [0.2, 0.25) is 0 Å². The van der Waals surface area contributed by atoms with Crippen molar-refractivity contribution in [1.82, 2.24) is 15.0 Å². The van der Waals surface area contributed by atoms with Crippen molar-refractivity contribution >= 4 is 5.78 Å². The van der Waals surface area contributed by atoms with Gasteiger partial charge in [-0.05, 0) is 99.2 Å². The van der Waals surface area contributed by atoms with Crippen molar-refractivity contribution in [3.63, 3.8) is 0 Å². The second-order valence-electron chi connectivity index (χ2n) is 11.4. The van der Waals surface area contributed by atoms with Gasteiger partial charge in [0, 0.05) is 13.0 Å². The topological polar surface area (TPSA) is 77.2 Å². The largest absolute Gasteiger partial charge is 0.393 e. The smallest absolute Gasteiger partial charge is 0.157 e. The molecule has 4 saturated carbocycles. The fourth-order valence-electron chi connectivity index (χ4n) is 8.83. The molecule has 4 aliphatic carbocycles. The van der Waals surface area contributed by atoms with Gasteiger partial charge >= 0.3 is 0 Å². The molecule has 0 spiro atoms. The highest BCUT2D eigenvalue weighted by Gasteiger charge is 2.62. The molecule has 4 aliphatic rings. The molecule has 6 heteroatoms. The van der Waals surface area contributed by atoms with Crippen LogP contribution in [0.4, 0.5) is 0 Å². The molecule has 1 heterocycles. The number of Topliss-reactive ketones (excluding diaryl/α,β-unsaturated/α-hetero) is 1. The number of carbonyl (C=O) groups is 1. The van der Waals surface area contributed by atoms with Gasteiger partial charge in [-0.3, -0.25) is 4.79 Å². The van der Waals surface area contributed by atoms with E-state index in [1.165, 1.54) is 25.7 Å². The Morgan fingerprint density at radius 2 is 2.03 bits per heavy atom. The van der Waals surface area contributed by atoms with Crippen LogP contribution in [0, 0.1) is 47.3 Å². The molecule has 0 saturated heterocycles. The van der Waals surface area contributed by atoms with E-state index in [2.05, 4.69) is 17.2 Å². The van der Waals surface area contributed by atoms with Crippen LogP contribution in [0.5, 0.6) is 0 Å². The first kappa shape index (κ1) is 21.6. The molecular weight excluding hydrogens is 390 g/mol. The van der Waals surface area contributed by atoms with E-state index in [4.69, 9.17) is 4.74 Å². The Bertz CT molecular complexity index is 825. The number of nitrogens with zero attached hydrogens (tertiary/aromatic N) is 3. The van der Waals surface area contributed by atoms with Crippen LogP contribution in [0.3, 0.4) is 0 Å². The zero-order valence-electron chi connectivity index (χ0n) is 19.4. The minimum atomic E-state index is -0.130. The molecule has 0 aliphatic heterocycles. The number of hydrogen-bond donors (Lipinski definition) is 1. The van der Waals surface area contributed by atoms with E-state index in [0.717, 1.165) is 44.4 Å². The highest BCUT2D eigenvalue weighted by atomic mass is 16.5. The lowest BCUT2D eigenvalue weighted by molar-refractivity contribution is -0.161. The Hall–Kier alpha value is -1.27. The lowest BCUT2D eigenvalue weighted by atomic mass is 9.44. The highest BCUT2D eigenvalue weighted by molar-refractivity contribution is 5.82. The summed E-state index contributed by atoms with van der Waals surface area (Å²) >= 11 is 0. The van der Waals surface area contributed by atoms with E-state index in [1.807, 2.05) is 14.0 Å². The Labute approximate surface area is 186 Å². The van der Waals surface area contributed by atoms with E-state index < -0.39 is 0 Å². The molecule has 5 rings (SSSR count). The summed E-state index contributed by atoms with van der Waals surface area (Å²) in [6.45, 7) is 5.58. The van der Waals surface area contributed by atoms with Crippen LogP contribution >= 0.6 is 0 Å². The lowest BCUT2D eigenvalue weighted by Gasteiger charge is -2.61. The number of aromatic nitrogens is 3. The van der Waals surface area contributed by atoms with E-state index >= 15 is 0 Å². The molecule has 31 heavy (non-hydrogen) atoms. The summed E-state index contributed by atoms with van der Waals surface area (Å²) in [4.78, 5) is 13.4. The molecule has 8 unspecified atom stereocenters. The first-order chi connectivity index (χ1) is 14.9. The fourth-order valence-corrected chi connectivity index (χ4v) is 8.83. The van der Waals surface area contributed by atoms with E-state index in [-0.39, 0.29) is 22.9 Å². The summed E-state index contributed by atoms with van der Waals surface area (Å²) in [6, 6.07) is 0. The zero-order valence-corrected chi connectivity index (χ0v) is 19.4. The van der Waals surface area contributed by atoms with Gasteiger partial charge in [-0.2, -0.15) is 0 Å². The number of methoxy groups -OCH3 is 1. The van der Waals surface area contributed by atoms with Crippen LogP contribution in [0.1, 0.15) is 70.4 Å². The number of aliphatic hydroxyl groups excluding tert-OH is 1. The van der Waals surface area contributed by atoms with Gasteiger partial charge in [-0.1, -0.05) is 12.1 Å². The highest BCUT2D eigenvalue weighted by Crippen LogP contribution is 2.67. The van der Waals surface area contributed by atoms with Crippen LogP contribution in [-0.2, 0) is 16.1 Å². The number of fused-ring (bicyclic) bond motifs is 5. The first-order valence-corrected chi connectivity index (χ1v) is 12.4. The van der Waals surface area contributed by atoms with Crippen molar-refractivity contribution in [2.24, 2.45) is 40.4 Å². The Kier molecular flexibility index (Phi) is 5.53. The van der Waals surface area contributed by atoms with Gasteiger partial charge in [0.1, 0.15) is 6.54 Å². The number of ketones is 1. The third kappa shape index (κ3) is 3.31. The van der Waals surface area contributed by atoms with Crippen molar-refractivity contribution in [3.05, 3.63) is 11.9 Å². The number of aryl methyl sites for hydroxylation is 1. The fraction of sp³-hybridized carbons (Fsp3) is 0.880. The summed E-state index contributed by atoms with van der Waals surface area (Å²) in [5.74, 6) is 3.11. The zero-order chi connectivity index (χ0) is 21.8. The van der Waals surface area contributed by atoms with Gasteiger partial charge in [0.25, 0.3) is 0 Å². The van der Waals surface area contributed by atoms with E-state index in [0.29, 0.717) is 36.0 Å². The van der Waals surface area contributed by atoms with Crippen LogP contribution in [0.15, 0.2) is 6.20 Å². The summed E-state index contributed by atoms with van der Waals surface area (Å²) < 4.78 is 7.60. The molecule has 0 amide bonds. The van der Waals surface area contributed by atoms with E-state index in [9.17, 15) is 9.90 Å². The predicted molar refractivity (Wildman–Crippen MR) is 117 cm³/mol. The van der Waals surface area contributed by atoms with Crippen molar-refractivity contribution in [3.8, 4) is 0 Å². The van der Waals surface area contributed by atoms with Gasteiger partial charge < -0.3 is 9.84 Å². The maximum atomic E-state index is 13.4. The number of carbonyl (C=O) groups excluding carboxylic acids is 1. The first-order valence-electron chi connectivity index (χ1n) is 12.4. The van der Waals surface area contributed by atoms with Crippen LogP contribution < -0.4 is 0 Å². The average Bonchev–Trinajstić information content (AvgIpc) is 3.31. The maximum Gasteiger partial charge on any atom is 0.157 e. The Morgan fingerprint density at radius 1 is 1.19 bits per heavy atom. The number of aliphatic hydroxyl groups is 1. The van der Waals surface area contributed by atoms with Crippen LogP contribution in [0.25, 0.3) is 0 Å². The minimum absolute atomic E-state index is 0.113. The van der Waals surface area contributed by atoms with Crippen LogP contribution in [-0.4, -0.2) is 45.7 Å². The molecule has 0 bridgehead atoms. The maximum absolute atomic E-state index is 13.4. The molecule has 0 radical (unpaired) electrons. The Balaban J connectivity index is 1.38. The van der Waals surface area contributed by atoms with E-state index in [1.54, 1.807) is 10.9 Å².